The highest BCUT2D eigenvalue weighted by Gasteiger charge is 2.23. The van der Waals surface area contributed by atoms with Crippen molar-refractivity contribution >= 4 is 29.3 Å². The van der Waals surface area contributed by atoms with Crippen LogP contribution in [0, 0.1) is 18.3 Å². The number of carboxylic acids is 1. The van der Waals surface area contributed by atoms with Crippen LogP contribution in [0.4, 0.5) is 5.69 Å². The Morgan fingerprint density at radius 2 is 2.07 bits per heavy atom. The summed E-state index contributed by atoms with van der Waals surface area (Å²) in [7, 11) is 0. The Labute approximate surface area is 170 Å². The van der Waals surface area contributed by atoms with Crippen molar-refractivity contribution in [3.05, 3.63) is 41.6 Å². The van der Waals surface area contributed by atoms with E-state index in [4.69, 9.17) is 0 Å². The number of aryl methyl sites for hydroxylation is 1. The molecule has 150 valence electrons. The van der Waals surface area contributed by atoms with E-state index >= 15 is 0 Å². The van der Waals surface area contributed by atoms with Crippen molar-refractivity contribution in [2.45, 2.75) is 19.4 Å². The lowest BCUT2D eigenvalue weighted by Gasteiger charge is -2.35. The average Bonchev–Trinajstić information content (AvgIpc) is 2.69. The second kappa shape index (κ2) is 10.6. The molecule has 1 saturated heterocycles. The van der Waals surface area contributed by atoms with Gasteiger partial charge in [0.1, 0.15) is 17.7 Å². The van der Waals surface area contributed by atoms with Gasteiger partial charge in [0, 0.05) is 38.1 Å². The molecule has 1 unspecified atom stereocenters. The van der Waals surface area contributed by atoms with Crippen LogP contribution in [0.2, 0.25) is 0 Å². The number of aliphatic carboxylic acids is 1. The SMILES string of the molecule is CSCCC(NC(=O)/C(C#N)=C\N1CCN(c2cccc(C)c2)CC1)C(=O)O. The molecule has 1 aromatic rings. The number of carbonyl (C=O) groups is 2. The second-order valence-electron chi connectivity index (χ2n) is 6.66. The highest BCUT2D eigenvalue weighted by molar-refractivity contribution is 7.98. The maximum Gasteiger partial charge on any atom is 0.326 e. The largest absolute Gasteiger partial charge is 0.480 e. The Bertz CT molecular complexity index is 767. The van der Waals surface area contributed by atoms with Gasteiger partial charge in [-0.25, -0.2) is 4.79 Å². The van der Waals surface area contributed by atoms with Gasteiger partial charge in [-0.1, -0.05) is 12.1 Å². The summed E-state index contributed by atoms with van der Waals surface area (Å²) in [6.07, 6.45) is 3.73. The molecule has 1 fully saturated rings. The van der Waals surface area contributed by atoms with Crippen molar-refractivity contribution in [2.24, 2.45) is 0 Å². The molecule has 28 heavy (non-hydrogen) atoms. The summed E-state index contributed by atoms with van der Waals surface area (Å²) in [6, 6.07) is 9.21. The highest BCUT2D eigenvalue weighted by Crippen LogP contribution is 2.18. The summed E-state index contributed by atoms with van der Waals surface area (Å²) in [6.45, 7) is 4.99. The van der Waals surface area contributed by atoms with Gasteiger partial charge in [0.2, 0.25) is 0 Å². The molecular formula is C20H26N4O3S. The third-order valence-corrected chi connectivity index (χ3v) is 5.22. The normalized spacial score (nSPS) is 15.7. The lowest BCUT2D eigenvalue weighted by atomic mass is 10.2. The molecule has 1 atom stereocenters. The van der Waals surface area contributed by atoms with Crippen molar-refractivity contribution < 1.29 is 14.7 Å². The molecule has 1 amide bonds. The Morgan fingerprint density at radius 3 is 2.64 bits per heavy atom. The number of nitrogens with zero attached hydrogens (tertiary/aromatic N) is 3. The van der Waals surface area contributed by atoms with Gasteiger partial charge < -0.3 is 20.2 Å². The maximum atomic E-state index is 12.3. The zero-order chi connectivity index (χ0) is 20.5. The van der Waals surface area contributed by atoms with Crippen LogP contribution >= 0.6 is 11.8 Å². The summed E-state index contributed by atoms with van der Waals surface area (Å²) in [4.78, 5) is 27.8. The van der Waals surface area contributed by atoms with Gasteiger partial charge >= 0.3 is 5.97 Å². The van der Waals surface area contributed by atoms with Crippen LogP contribution in [0.3, 0.4) is 0 Å². The fourth-order valence-corrected chi connectivity index (χ4v) is 3.46. The van der Waals surface area contributed by atoms with Gasteiger partial charge in [-0.15, -0.1) is 0 Å². The Morgan fingerprint density at radius 1 is 1.36 bits per heavy atom. The second-order valence-corrected chi connectivity index (χ2v) is 7.65. The maximum absolute atomic E-state index is 12.3. The number of nitriles is 1. The van der Waals surface area contributed by atoms with Crippen molar-refractivity contribution in [1.29, 1.82) is 5.26 Å². The van der Waals surface area contributed by atoms with E-state index in [2.05, 4.69) is 35.3 Å². The van der Waals surface area contributed by atoms with Crippen molar-refractivity contribution in [2.75, 3.05) is 43.1 Å². The monoisotopic (exact) mass is 402 g/mol. The van der Waals surface area contributed by atoms with Crippen LogP contribution in [-0.4, -0.2) is 66.1 Å². The van der Waals surface area contributed by atoms with Gasteiger partial charge in [0.05, 0.1) is 0 Å². The van der Waals surface area contributed by atoms with Gasteiger partial charge in [-0.2, -0.15) is 17.0 Å². The zero-order valence-corrected chi connectivity index (χ0v) is 17.0. The minimum absolute atomic E-state index is 0.0700. The molecule has 8 heteroatoms. The number of amides is 1. The molecule has 1 aliphatic rings. The number of hydrogen-bond acceptors (Lipinski definition) is 6. The lowest BCUT2D eigenvalue weighted by Crippen LogP contribution is -2.45. The van der Waals surface area contributed by atoms with Crippen molar-refractivity contribution in [3.8, 4) is 6.07 Å². The quantitative estimate of drug-likeness (QED) is 0.506. The first-order valence-corrected chi connectivity index (χ1v) is 10.5. The van der Waals surface area contributed by atoms with Crippen LogP contribution in [0.5, 0.6) is 0 Å². The van der Waals surface area contributed by atoms with Gasteiger partial charge in [0.25, 0.3) is 5.91 Å². The lowest BCUT2D eigenvalue weighted by molar-refractivity contribution is -0.141. The van der Waals surface area contributed by atoms with E-state index in [0.29, 0.717) is 25.3 Å². The van der Waals surface area contributed by atoms with Crippen molar-refractivity contribution in [3.63, 3.8) is 0 Å². The standard InChI is InChI=1S/C20H26N4O3S/c1-15-4-3-5-17(12-15)24-9-7-23(8-10-24)14-16(13-21)19(25)22-18(20(26)27)6-11-28-2/h3-5,12,14,18H,6-11H2,1-2H3,(H,22,25)(H,26,27)/b16-14-. The Balaban J connectivity index is 1.96. The first-order valence-electron chi connectivity index (χ1n) is 9.14. The predicted molar refractivity (Wildman–Crippen MR) is 111 cm³/mol. The van der Waals surface area contributed by atoms with Gasteiger partial charge in [-0.05, 0) is 43.0 Å². The van der Waals surface area contributed by atoms with E-state index in [9.17, 15) is 20.0 Å². The highest BCUT2D eigenvalue weighted by atomic mass is 32.2. The van der Waals surface area contributed by atoms with E-state index < -0.39 is 17.9 Å². The van der Waals surface area contributed by atoms with Crippen molar-refractivity contribution in [1.82, 2.24) is 10.2 Å². The molecule has 1 aromatic carbocycles. The summed E-state index contributed by atoms with van der Waals surface area (Å²) in [5.41, 5.74) is 2.30. The van der Waals surface area contributed by atoms with Crippen LogP contribution in [0.15, 0.2) is 36.0 Å². The third kappa shape index (κ3) is 6.20. The van der Waals surface area contributed by atoms with E-state index in [-0.39, 0.29) is 5.57 Å². The molecule has 1 aliphatic heterocycles. The molecule has 0 spiro atoms. The topological polar surface area (TPSA) is 96.7 Å². The fourth-order valence-electron chi connectivity index (χ4n) is 2.98. The number of benzene rings is 1. The number of anilines is 1. The molecule has 0 aromatic heterocycles. The average molecular weight is 403 g/mol. The molecule has 7 nitrogen and oxygen atoms in total. The predicted octanol–water partition coefficient (Wildman–Crippen LogP) is 1.85. The summed E-state index contributed by atoms with van der Waals surface area (Å²) in [5, 5.41) is 21.0. The summed E-state index contributed by atoms with van der Waals surface area (Å²) in [5.74, 6) is -1.12. The zero-order valence-electron chi connectivity index (χ0n) is 16.2. The third-order valence-electron chi connectivity index (χ3n) is 4.57. The minimum Gasteiger partial charge on any atom is -0.480 e. The molecular weight excluding hydrogens is 376 g/mol. The van der Waals surface area contributed by atoms with Crippen LogP contribution in [0.1, 0.15) is 12.0 Å². The number of carboxylic acid groups (broad SMARTS) is 1. The van der Waals surface area contributed by atoms with Gasteiger partial charge in [0.15, 0.2) is 0 Å². The van der Waals surface area contributed by atoms with E-state index in [1.165, 1.54) is 29.2 Å². The number of piperazine rings is 1. The number of nitrogens with one attached hydrogen (secondary N) is 1. The Hall–Kier alpha value is -2.66. The summed E-state index contributed by atoms with van der Waals surface area (Å²) >= 11 is 1.51. The number of hydrogen-bond donors (Lipinski definition) is 2. The molecule has 2 rings (SSSR count). The van der Waals surface area contributed by atoms with E-state index in [0.717, 1.165) is 13.1 Å². The first kappa shape index (κ1) is 21.6. The van der Waals surface area contributed by atoms with Crippen LogP contribution in [0.25, 0.3) is 0 Å². The molecule has 0 saturated carbocycles. The van der Waals surface area contributed by atoms with Crippen LogP contribution in [-0.2, 0) is 9.59 Å². The molecule has 0 radical (unpaired) electrons. The Kier molecular flexibility index (Phi) is 8.20. The number of carbonyl (C=O) groups excluding carboxylic acids is 1. The molecule has 0 bridgehead atoms. The number of rotatable bonds is 8. The smallest absolute Gasteiger partial charge is 0.326 e. The van der Waals surface area contributed by atoms with E-state index in [1.54, 1.807) is 0 Å². The summed E-state index contributed by atoms with van der Waals surface area (Å²) < 4.78 is 0. The van der Waals surface area contributed by atoms with E-state index in [1.807, 2.05) is 23.3 Å². The molecule has 2 N–H and O–H groups in total. The molecule has 1 heterocycles. The minimum atomic E-state index is -1.09. The molecule has 0 aliphatic carbocycles. The first-order chi connectivity index (χ1) is 13.4. The fraction of sp³-hybridized carbons (Fsp3) is 0.450. The van der Waals surface area contributed by atoms with Gasteiger partial charge in [-0.3, -0.25) is 4.79 Å². The number of thioether (sulfide) groups is 1. The van der Waals surface area contributed by atoms with Crippen LogP contribution < -0.4 is 10.2 Å².